The summed E-state index contributed by atoms with van der Waals surface area (Å²) >= 11 is 1.50. The predicted octanol–water partition coefficient (Wildman–Crippen LogP) is 4.62. The molecule has 0 saturated carbocycles. The topological polar surface area (TPSA) is 64.1 Å². The van der Waals surface area contributed by atoms with Gasteiger partial charge in [0.2, 0.25) is 0 Å². The van der Waals surface area contributed by atoms with Crippen LogP contribution in [-0.4, -0.2) is 68.9 Å². The number of amides is 1. The molecule has 0 radical (unpaired) electrons. The molecule has 0 spiro atoms. The van der Waals surface area contributed by atoms with Crippen LogP contribution in [0.3, 0.4) is 0 Å². The summed E-state index contributed by atoms with van der Waals surface area (Å²) in [6, 6.07) is 19.7. The molecule has 0 aliphatic carbocycles. The fourth-order valence-electron chi connectivity index (χ4n) is 4.01. The van der Waals surface area contributed by atoms with Crippen molar-refractivity contribution in [3.05, 3.63) is 60.7 Å². The molecule has 184 valence electrons. The number of thiazole rings is 1. The van der Waals surface area contributed by atoms with Gasteiger partial charge in [0.25, 0.3) is 5.91 Å². The Hall–Kier alpha value is -2.91. The van der Waals surface area contributed by atoms with Gasteiger partial charge < -0.3 is 14.2 Å². The van der Waals surface area contributed by atoms with Crippen LogP contribution in [0.5, 0.6) is 11.5 Å². The first-order valence-electron chi connectivity index (χ1n) is 11.4. The molecule has 3 aromatic carbocycles. The van der Waals surface area contributed by atoms with Crippen LogP contribution >= 0.6 is 23.7 Å². The number of carbonyl (C=O) groups is 1. The highest BCUT2D eigenvalue weighted by Crippen LogP contribution is 2.31. The van der Waals surface area contributed by atoms with Crippen molar-refractivity contribution < 1.29 is 19.0 Å². The van der Waals surface area contributed by atoms with Crippen LogP contribution in [0, 0.1) is 0 Å². The van der Waals surface area contributed by atoms with Crippen molar-refractivity contribution in [1.82, 2.24) is 9.88 Å². The number of ether oxygens (including phenoxy) is 3. The maximum atomic E-state index is 13.4. The highest BCUT2D eigenvalue weighted by Gasteiger charge is 2.22. The van der Waals surface area contributed by atoms with Gasteiger partial charge in [0.05, 0.1) is 30.5 Å². The van der Waals surface area contributed by atoms with E-state index in [1.807, 2.05) is 54.6 Å². The lowest BCUT2D eigenvalue weighted by Gasteiger charge is -2.29. The largest absolute Gasteiger partial charge is 0.497 e. The number of halogens is 1. The smallest absolute Gasteiger partial charge is 0.266 e. The van der Waals surface area contributed by atoms with Crippen LogP contribution in [0.1, 0.15) is 0 Å². The Kier molecular flexibility index (Phi) is 8.41. The molecule has 1 aromatic heterocycles. The van der Waals surface area contributed by atoms with E-state index in [0.29, 0.717) is 17.4 Å². The third-order valence-electron chi connectivity index (χ3n) is 5.94. The maximum Gasteiger partial charge on any atom is 0.266 e. The van der Waals surface area contributed by atoms with Crippen LogP contribution in [0.4, 0.5) is 5.13 Å². The second kappa shape index (κ2) is 11.7. The molecule has 0 bridgehead atoms. The first-order valence-corrected chi connectivity index (χ1v) is 12.2. The van der Waals surface area contributed by atoms with Gasteiger partial charge >= 0.3 is 0 Å². The molecule has 0 unspecified atom stereocenters. The number of nitrogens with zero attached hydrogens (tertiary/aromatic N) is 3. The summed E-state index contributed by atoms with van der Waals surface area (Å²) < 4.78 is 17.7. The summed E-state index contributed by atoms with van der Waals surface area (Å²) in [4.78, 5) is 22.2. The summed E-state index contributed by atoms with van der Waals surface area (Å²) in [6.45, 7) is 4.42. The minimum absolute atomic E-state index is 0. The minimum atomic E-state index is -0.118. The van der Waals surface area contributed by atoms with Gasteiger partial charge in [-0.3, -0.25) is 14.6 Å². The van der Waals surface area contributed by atoms with Gasteiger partial charge in [-0.05, 0) is 35.0 Å². The Labute approximate surface area is 214 Å². The molecule has 1 fully saturated rings. The normalized spacial score (nSPS) is 14.0. The molecule has 7 nitrogen and oxygen atoms in total. The van der Waals surface area contributed by atoms with E-state index in [1.165, 1.54) is 11.3 Å². The first-order chi connectivity index (χ1) is 16.7. The summed E-state index contributed by atoms with van der Waals surface area (Å²) in [5.74, 6) is 1.30. The fourth-order valence-corrected chi connectivity index (χ4v) is 5.00. The number of morpholine rings is 1. The summed E-state index contributed by atoms with van der Waals surface area (Å²) in [5.41, 5.74) is 0.818. The molecule has 4 aromatic rings. The van der Waals surface area contributed by atoms with Gasteiger partial charge in [-0.25, -0.2) is 4.98 Å². The van der Waals surface area contributed by atoms with Crippen molar-refractivity contribution in [2.24, 2.45) is 0 Å². The molecular weight excluding hydrogens is 486 g/mol. The van der Waals surface area contributed by atoms with Crippen LogP contribution < -0.4 is 14.4 Å². The molecule has 1 aliphatic rings. The van der Waals surface area contributed by atoms with E-state index in [-0.39, 0.29) is 24.9 Å². The lowest BCUT2D eigenvalue weighted by Crippen LogP contribution is -2.44. The third-order valence-corrected chi connectivity index (χ3v) is 7.00. The van der Waals surface area contributed by atoms with Crippen molar-refractivity contribution >= 4 is 55.8 Å². The van der Waals surface area contributed by atoms with E-state index in [4.69, 9.17) is 19.2 Å². The van der Waals surface area contributed by atoms with Crippen molar-refractivity contribution in [3.63, 3.8) is 0 Å². The van der Waals surface area contributed by atoms with E-state index in [2.05, 4.69) is 11.0 Å². The average Bonchev–Trinajstić information content (AvgIpc) is 3.31. The zero-order chi connectivity index (χ0) is 23.3. The highest BCUT2D eigenvalue weighted by molar-refractivity contribution is 7.22. The van der Waals surface area contributed by atoms with Gasteiger partial charge in [0.1, 0.15) is 11.5 Å². The summed E-state index contributed by atoms with van der Waals surface area (Å²) in [7, 11) is 1.64. The predicted molar refractivity (Wildman–Crippen MR) is 142 cm³/mol. The Morgan fingerprint density at radius 3 is 2.63 bits per heavy atom. The van der Waals surface area contributed by atoms with E-state index in [1.54, 1.807) is 12.0 Å². The molecule has 9 heteroatoms. The number of rotatable bonds is 8. The van der Waals surface area contributed by atoms with E-state index >= 15 is 0 Å². The molecule has 1 saturated heterocycles. The first kappa shape index (κ1) is 25.2. The fraction of sp³-hybridized carbons (Fsp3) is 0.308. The molecule has 0 atom stereocenters. The molecule has 0 N–H and O–H groups in total. The average molecular weight is 514 g/mol. The van der Waals surface area contributed by atoms with Crippen molar-refractivity contribution in [2.45, 2.75) is 0 Å². The molecule has 5 rings (SSSR count). The van der Waals surface area contributed by atoms with Gasteiger partial charge in [0.15, 0.2) is 11.7 Å². The lowest BCUT2D eigenvalue weighted by atomic mass is 10.1. The summed E-state index contributed by atoms with van der Waals surface area (Å²) in [6.07, 6.45) is 0. The number of aromatic nitrogens is 1. The molecular formula is C26H28ClN3O4S. The van der Waals surface area contributed by atoms with Gasteiger partial charge in [-0.2, -0.15) is 0 Å². The van der Waals surface area contributed by atoms with E-state index in [0.717, 1.165) is 59.6 Å². The zero-order valence-corrected chi connectivity index (χ0v) is 21.1. The van der Waals surface area contributed by atoms with Crippen LogP contribution in [0.15, 0.2) is 60.7 Å². The summed E-state index contributed by atoms with van der Waals surface area (Å²) in [5, 5.41) is 2.89. The second-order valence-electron chi connectivity index (χ2n) is 8.13. The Morgan fingerprint density at radius 1 is 1.06 bits per heavy atom. The van der Waals surface area contributed by atoms with Crippen LogP contribution in [0.25, 0.3) is 21.0 Å². The van der Waals surface area contributed by atoms with Crippen molar-refractivity contribution in [3.8, 4) is 11.5 Å². The minimum Gasteiger partial charge on any atom is -0.497 e. The Morgan fingerprint density at radius 2 is 1.83 bits per heavy atom. The van der Waals surface area contributed by atoms with Crippen molar-refractivity contribution in [1.29, 1.82) is 0 Å². The number of benzene rings is 3. The second-order valence-corrected chi connectivity index (χ2v) is 9.14. The number of carbonyl (C=O) groups excluding carboxylic acids is 1. The van der Waals surface area contributed by atoms with Crippen LogP contribution in [-0.2, 0) is 9.53 Å². The number of anilines is 1. The maximum absolute atomic E-state index is 13.4. The van der Waals surface area contributed by atoms with Gasteiger partial charge in [-0.1, -0.05) is 41.7 Å². The van der Waals surface area contributed by atoms with Crippen molar-refractivity contribution in [2.75, 3.05) is 58.0 Å². The van der Waals surface area contributed by atoms with Gasteiger partial charge in [0, 0.05) is 32.2 Å². The molecule has 1 amide bonds. The monoisotopic (exact) mass is 513 g/mol. The number of hydrogen-bond acceptors (Lipinski definition) is 7. The molecule has 35 heavy (non-hydrogen) atoms. The van der Waals surface area contributed by atoms with Crippen LogP contribution in [0.2, 0.25) is 0 Å². The van der Waals surface area contributed by atoms with E-state index < -0.39 is 0 Å². The number of hydrogen-bond donors (Lipinski definition) is 0. The Bertz CT molecular complexity index is 1290. The molecule has 2 heterocycles. The quantitative estimate of drug-likeness (QED) is 0.342. The SMILES string of the molecule is COc1ccc2sc(N(CCN3CCOCC3)C(=O)COc3ccc4ccccc4c3)nc2c1.Cl. The lowest BCUT2D eigenvalue weighted by molar-refractivity contribution is -0.120. The number of fused-ring (bicyclic) bond motifs is 2. The molecule has 1 aliphatic heterocycles. The standard InChI is InChI=1S/C26H27N3O4S.ClH/c1-31-21-8-9-24-23(17-21)27-26(34-24)29(11-10-28-12-14-32-15-13-28)25(30)18-33-22-7-6-19-4-2-3-5-20(19)16-22;/h2-9,16-17H,10-15,18H2,1H3;1H. The van der Waals surface area contributed by atoms with Gasteiger partial charge in [-0.15, -0.1) is 12.4 Å². The zero-order valence-electron chi connectivity index (χ0n) is 19.5. The highest BCUT2D eigenvalue weighted by atomic mass is 35.5. The Balaban J connectivity index is 0.00000289. The number of methoxy groups -OCH3 is 1. The van der Waals surface area contributed by atoms with E-state index in [9.17, 15) is 4.79 Å². The third kappa shape index (κ3) is 6.02.